The van der Waals surface area contributed by atoms with Crippen LogP contribution in [0.15, 0.2) is 15.8 Å². The summed E-state index contributed by atoms with van der Waals surface area (Å²) < 4.78 is 0. The topological polar surface area (TPSA) is 98.1 Å². The van der Waals surface area contributed by atoms with Gasteiger partial charge in [-0.15, -0.1) is 0 Å². The number of hydrogen-bond acceptors (Lipinski definition) is 4. The summed E-state index contributed by atoms with van der Waals surface area (Å²) in [6.45, 7) is 2.51. The van der Waals surface area contributed by atoms with Crippen LogP contribution in [0.3, 0.4) is 0 Å². The van der Waals surface area contributed by atoms with Crippen molar-refractivity contribution < 1.29 is 4.79 Å². The Bertz CT molecular complexity index is 557. The average molecular weight is 266 g/mol. The SMILES string of the molecule is CN(CC1CCCNC1)C(=O)c1c[nH]c(=O)[nH]c1=O. The molecule has 0 bridgehead atoms. The summed E-state index contributed by atoms with van der Waals surface area (Å²) in [7, 11) is 1.67. The van der Waals surface area contributed by atoms with Crippen LogP contribution in [-0.2, 0) is 0 Å². The lowest BCUT2D eigenvalue weighted by Gasteiger charge is -2.27. The maximum Gasteiger partial charge on any atom is 0.325 e. The van der Waals surface area contributed by atoms with Crippen LogP contribution in [0, 0.1) is 5.92 Å². The van der Waals surface area contributed by atoms with E-state index in [1.54, 1.807) is 7.05 Å². The van der Waals surface area contributed by atoms with Crippen molar-refractivity contribution in [3.63, 3.8) is 0 Å². The number of aromatic nitrogens is 2. The van der Waals surface area contributed by atoms with Crippen LogP contribution in [0.2, 0.25) is 0 Å². The Hall–Kier alpha value is -1.89. The van der Waals surface area contributed by atoms with Crippen molar-refractivity contribution >= 4 is 5.91 Å². The highest BCUT2D eigenvalue weighted by Crippen LogP contribution is 2.11. The first-order valence-corrected chi connectivity index (χ1v) is 6.36. The fourth-order valence-electron chi connectivity index (χ4n) is 2.32. The normalized spacial score (nSPS) is 19.1. The lowest BCUT2D eigenvalue weighted by atomic mass is 9.99. The number of amides is 1. The highest BCUT2D eigenvalue weighted by Gasteiger charge is 2.20. The van der Waals surface area contributed by atoms with Gasteiger partial charge in [-0.05, 0) is 31.8 Å². The highest BCUT2D eigenvalue weighted by molar-refractivity contribution is 5.93. The number of nitrogens with zero attached hydrogens (tertiary/aromatic N) is 1. The molecule has 1 aliphatic heterocycles. The molecule has 7 heteroatoms. The van der Waals surface area contributed by atoms with E-state index in [4.69, 9.17) is 0 Å². The average Bonchev–Trinajstić information content (AvgIpc) is 2.39. The lowest BCUT2D eigenvalue weighted by Crippen LogP contribution is -2.41. The minimum absolute atomic E-state index is 0.0362. The summed E-state index contributed by atoms with van der Waals surface area (Å²) in [6, 6.07) is 0. The number of rotatable bonds is 3. The molecule has 1 fully saturated rings. The summed E-state index contributed by atoms with van der Waals surface area (Å²) in [6.07, 6.45) is 3.34. The monoisotopic (exact) mass is 266 g/mol. The fraction of sp³-hybridized carbons (Fsp3) is 0.583. The van der Waals surface area contributed by atoms with E-state index in [1.165, 1.54) is 11.1 Å². The quantitative estimate of drug-likeness (QED) is 0.662. The molecule has 7 nitrogen and oxygen atoms in total. The minimum atomic E-state index is -0.651. The Labute approximate surface area is 110 Å². The van der Waals surface area contributed by atoms with E-state index in [1.807, 2.05) is 0 Å². The van der Waals surface area contributed by atoms with E-state index in [0.717, 1.165) is 25.9 Å². The Morgan fingerprint density at radius 1 is 1.47 bits per heavy atom. The van der Waals surface area contributed by atoms with Crippen LogP contribution in [-0.4, -0.2) is 47.5 Å². The zero-order chi connectivity index (χ0) is 13.8. The van der Waals surface area contributed by atoms with Crippen molar-refractivity contribution in [3.8, 4) is 0 Å². The molecule has 19 heavy (non-hydrogen) atoms. The van der Waals surface area contributed by atoms with Crippen LogP contribution in [0.1, 0.15) is 23.2 Å². The van der Waals surface area contributed by atoms with Crippen molar-refractivity contribution in [2.45, 2.75) is 12.8 Å². The zero-order valence-electron chi connectivity index (χ0n) is 10.9. The molecular formula is C12H18N4O3. The van der Waals surface area contributed by atoms with Gasteiger partial charge < -0.3 is 15.2 Å². The molecule has 1 amide bonds. The first-order valence-electron chi connectivity index (χ1n) is 6.36. The molecule has 1 unspecified atom stereocenters. The van der Waals surface area contributed by atoms with Gasteiger partial charge in [0.05, 0.1) is 0 Å². The van der Waals surface area contributed by atoms with Gasteiger partial charge in [0, 0.05) is 19.8 Å². The Balaban J connectivity index is 2.05. The molecule has 3 N–H and O–H groups in total. The van der Waals surface area contributed by atoms with Gasteiger partial charge in [0.15, 0.2) is 0 Å². The van der Waals surface area contributed by atoms with Crippen LogP contribution >= 0.6 is 0 Å². The number of nitrogens with one attached hydrogen (secondary N) is 3. The molecule has 1 saturated heterocycles. The standard InChI is InChI=1S/C12H18N4O3/c1-16(7-8-3-2-4-13-5-8)11(18)9-6-14-12(19)15-10(9)17/h6,8,13H,2-5,7H2,1H3,(H2,14,15,17,19). The van der Waals surface area contributed by atoms with E-state index in [9.17, 15) is 14.4 Å². The number of carbonyl (C=O) groups excluding carboxylic acids is 1. The first-order chi connectivity index (χ1) is 9.08. The van der Waals surface area contributed by atoms with Crippen LogP contribution in [0.25, 0.3) is 0 Å². The summed E-state index contributed by atoms with van der Waals surface area (Å²) in [5, 5.41) is 3.28. The lowest BCUT2D eigenvalue weighted by molar-refractivity contribution is 0.0762. The number of hydrogen-bond donors (Lipinski definition) is 3. The molecule has 0 aromatic carbocycles. The molecule has 0 saturated carbocycles. The number of piperidine rings is 1. The van der Waals surface area contributed by atoms with E-state index in [0.29, 0.717) is 12.5 Å². The molecule has 0 radical (unpaired) electrons. The maximum atomic E-state index is 12.1. The van der Waals surface area contributed by atoms with Gasteiger partial charge in [0.1, 0.15) is 5.56 Å². The second kappa shape index (κ2) is 5.83. The van der Waals surface area contributed by atoms with E-state index in [2.05, 4.69) is 15.3 Å². The van der Waals surface area contributed by atoms with Gasteiger partial charge in [-0.2, -0.15) is 0 Å². The molecule has 1 aromatic rings. The van der Waals surface area contributed by atoms with Crippen molar-refractivity contribution in [1.82, 2.24) is 20.2 Å². The molecule has 0 aliphatic carbocycles. The molecule has 1 aliphatic rings. The Kier molecular flexibility index (Phi) is 4.16. The van der Waals surface area contributed by atoms with Crippen LogP contribution < -0.4 is 16.6 Å². The molecular weight excluding hydrogens is 248 g/mol. The highest BCUT2D eigenvalue weighted by atomic mass is 16.2. The fourth-order valence-corrected chi connectivity index (χ4v) is 2.32. The molecule has 2 rings (SSSR count). The van der Waals surface area contributed by atoms with E-state index in [-0.39, 0.29) is 11.5 Å². The predicted octanol–water partition coefficient (Wildman–Crippen LogP) is -0.865. The van der Waals surface area contributed by atoms with E-state index >= 15 is 0 Å². The van der Waals surface area contributed by atoms with Gasteiger partial charge in [0.25, 0.3) is 11.5 Å². The predicted molar refractivity (Wildman–Crippen MR) is 70.2 cm³/mol. The van der Waals surface area contributed by atoms with Crippen molar-refractivity contribution in [2.24, 2.45) is 5.92 Å². The Morgan fingerprint density at radius 2 is 2.26 bits per heavy atom. The van der Waals surface area contributed by atoms with Gasteiger partial charge in [-0.1, -0.05) is 0 Å². The number of aromatic amines is 2. The summed E-state index contributed by atoms with van der Waals surface area (Å²) >= 11 is 0. The van der Waals surface area contributed by atoms with Crippen molar-refractivity contribution in [2.75, 3.05) is 26.7 Å². The molecule has 104 valence electrons. The van der Waals surface area contributed by atoms with Crippen molar-refractivity contribution in [1.29, 1.82) is 0 Å². The molecule has 0 spiro atoms. The van der Waals surface area contributed by atoms with Gasteiger partial charge in [-0.3, -0.25) is 14.6 Å². The minimum Gasteiger partial charge on any atom is -0.341 e. The Morgan fingerprint density at radius 3 is 2.89 bits per heavy atom. The summed E-state index contributed by atoms with van der Waals surface area (Å²) in [5.41, 5.74) is -1.30. The third kappa shape index (κ3) is 3.31. The van der Waals surface area contributed by atoms with Crippen molar-refractivity contribution in [3.05, 3.63) is 32.6 Å². The molecule has 1 atom stereocenters. The largest absolute Gasteiger partial charge is 0.341 e. The van der Waals surface area contributed by atoms with Crippen LogP contribution in [0.5, 0.6) is 0 Å². The van der Waals surface area contributed by atoms with Crippen LogP contribution in [0.4, 0.5) is 0 Å². The molecule has 1 aromatic heterocycles. The summed E-state index contributed by atoms with van der Waals surface area (Å²) in [5.74, 6) is 0.0348. The maximum absolute atomic E-state index is 12.1. The summed E-state index contributed by atoms with van der Waals surface area (Å²) in [4.78, 5) is 40.5. The third-order valence-corrected chi connectivity index (χ3v) is 3.33. The second-order valence-electron chi connectivity index (χ2n) is 4.88. The third-order valence-electron chi connectivity index (χ3n) is 3.33. The van der Waals surface area contributed by atoms with Gasteiger partial charge in [-0.25, -0.2) is 4.79 Å². The van der Waals surface area contributed by atoms with E-state index < -0.39 is 11.2 Å². The molecule has 2 heterocycles. The first kappa shape index (κ1) is 13.5. The smallest absolute Gasteiger partial charge is 0.325 e. The number of carbonyl (C=O) groups is 1. The number of H-pyrrole nitrogens is 2. The van der Waals surface area contributed by atoms with Gasteiger partial charge in [0.2, 0.25) is 0 Å². The van der Waals surface area contributed by atoms with Gasteiger partial charge >= 0.3 is 5.69 Å². The second-order valence-corrected chi connectivity index (χ2v) is 4.88. The zero-order valence-corrected chi connectivity index (χ0v) is 10.9.